The number of fused-ring (bicyclic) bond motifs is 1. The number of nitrogens with one attached hydrogen (secondary N) is 1. The summed E-state index contributed by atoms with van der Waals surface area (Å²) >= 11 is 0. The maximum absolute atomic E-state index is 4.68. The molecular formula is C16H21N3. The van der Waals surface area contributed by atoms with Gasteiger partial charge in [-0.3, -0.25) is 4.57 Å². The molecule has 0 aliphatic heterocycles. The molecule has 0 bridgehead atoms. The first-order valence-corrected chi connectivity index (χ1v) is 6.92. The van der Waals surface area contributed by atoms with E-state index in [4.69, 9.17) is 0 Å². The maximum atomic E-state index is 4.68. The second kappa shape index (κ2) is 4.12. The molecule has 1 heterocycles. The van der Waals surface area contributed by atoms with Crippen molar-refractivity contribution in [1.29, 1.82) is 0 Å². The second-order valence-corrected chi connectivity index (χ2v) is 5.96. The van der Waals surface area contributed by atoms with Crippen LogP contribution in [0.25, 0.3) is 16.7 Å². The molecule has 1 aliphatic carbocycles. The Kier molecular flexibility index (Phi) is 2.66. The lowest BCUT2D eigenvalue weighted by Gasteiger charge is -2.29. The number of nitrogens with zero attached hydrogens (tertiary/aromatic N) is 2. The number of anilines is 1. The molecular weight excluding hydrogens is 234 g/mol. The predicted molar refractivity (Wildman–Crippen MR) is 81.1 cm³/mol. The first-order valence-electron chi connectivity index (χ1n) is 6.92. The Bertz CT molecular complexity index is 649. The Hall–Kier alpha value is -1.77. The van der Waals surface area contributed by atoms with Crippen molar-refractivity contribution in [3.8, 4) is 0 Å². The van der Waals surface area contributed by atoms with Crippen molar-refractivity contribution in [1.82, 2.24) is 9.55 Å². The van der Waals surface area contributed by atoms with Crippen molar-refractivity contribution in [2.45, 2.75) is 27.2 Å². The van der Waals surface area contributed by atoms with Gasteiger partial charge in [-0.25, -0.2) is 4.98 Å². The highest BCUT2D eigenvalue weighted by Crippen LogP contribution is 2.47. The minimum absolute atomic E-state index is 0.176. The Morgan fingerprint density at radius 3 is 2.68 bits per heavy atom. The van der Waals surface area contributed by atoms with E-state index in [0.29, 0.717) is 5.92 Å². The molecule has 3 nitrogen and oxygen atoms in total. The van der Waals surface area contributed by atoms with Gasteiger partial charge in [-0.1, -0.05) is 39.0 Å². The summed E-state index contributed by atoms with van der Waals surface area (Å²) in [5, 5.41) is 3.23. The molecule has 3 rings (SSSR count). The van der Waals surface area contributed by atoms with Crippen molar-refractivity contribution >= 4 is 22.7 Å². The van der Waals surface area contributed by atoms with Crippen LogP contribution in [-0.2, 0) is 0 Å². The van der Waals surface area contributed by atoms with Crippen LogP contribution in [0.4, 0.5) is 5.95 Å². The van der Waals surface area contributed by atoms with E-state index in [1.807, 2.05) is 13.1 Å². The van der Waals surface area contributed by atoms with E-state index in [1.165, 1.54) is 11.2 Å². The monoisotopic (exact) mass is 255 g/mol. The minimum Gasteiger partial charge on any atom is -0.358 e. The zero-order valence-electron chi connectivity index (χ0n) is 12.1. The van der Waals surface area contributed by atoms with E-state index in [9.17, 15) is 0 Å². The van der Waals surface area contributed by atoms with Crippen molar-refractivity contribution in [2.75, 3.05) is 12.4 Å². The molecule has 0 spiro atoms. The molecule has 1 atom stereocenters. The Balaban J connectivity index is 2.25. The molecule has 1 aromatic carbocycles. The number of para-hydroxylation sites is 2. The lowest BCUT2D eigenvalue weighted by Crippen LogP contribution is -2.21. The molecule has 2 aromatic rings. The Morgan fingerprint density at radius 2 is 2.05 bits per heavy atom. The quantitative estimate of drug-likeness (QED) is 0.879. The van der Waals surface area contributed by atoms with Gasteiger partial charge >= 0.3 is 0 Å². The molecule has 0 saturated carbocycles. The van der Waals surface area contributed by atoms with E-state index in [1.54, 1.807) is 0 Å². The first kappa shape index (κ1) is 12.3. The van der Waals surface area contributed by atoms with Gasteiger partial charge in [-0.2, -0.15) is 0 Å². The highest BCUT2D eigenvalue weighted by molar-refractivity contribution is 5.84. The zero-order chi connectivity index (χ0) is 13.6. The van der Waals surface area contributed by atoms with Crippen LogP contribution in [0.2, 0.25) is 0 Å². The molecule has 100 valence electrons. The molecule has 1 aliphatic rings. The minimum atomic E-state index is 0.176. The summed E-state index contributed by atoms with van der Waals surface area (Å²) in [6, 6.07) is 8.32. The fourth-order valence-corrected chi connectivity index (χ4v) is 2.92. The highest BCUT2D eigenvalue weighted by atomic mass is 15.2. The van der Waals surface area contributed by atoms with Gasteiger partial charge in [-0.05, 0) is 24.5 Å². The van der Waals surface area contributed by atoms with Crippen LogP contribution < -0.4 is 5.32 Å². The fraction of sp³-hybridized carbons (Fsp3) is 0.438. The highest BCUT2D eigenvalue weighted by Gasteiger charge is 2.36. The van der Waals surface area contributed by atoms with Gasteiger partial charge in [0.05, 0.1) is 11.0 Å². The molecule has 0 radical (unpaired) electrons. The Labute approximate surface area is 114 Å². The van der Waals surface area contributed by atoms with E-state index >= 15 is 0 Å². The van der Waals surface area contributed by atoms with Crippen LogP contribution in [0.5, 0.6) is 0 Å². The normalized spacial score (nSPS) is 21.7. The summed E-state index contributed by atoms with van der Waals surface area (Å²) in [4.78, 5) is 4.68. The van der Waals surface area contributed by atoms with Crippen LogP contribution >= 0.6 is 0 Å². The van der Waals surface area contributed by atoms with Gasteiger partial charge in [0.2, 0.25) is 5.95 Å². The van der Waals surface area contributed by atoms with Crippen molar-refractivity contribution in [2.24, 2.45) is 11.3 Å². The van der Waals surface area contributed by atoms with Crippen LogP contribution in [0.15, 0.2) is 30.3 Å². The molecule has 1 aromatic heterocycles. The number of benzene rings is 1. The molecule has 0 fully saturated rings. The second-order valence-electron chi connectivity index (χ2n) is 5.96. The number of hydrogen-bond donors (Lipinski definition) is 1. The van der Waals surface area contributed by atoms with Crippen LogP contribution in [0, 0.1) is 11.3 Å². The summed E-state index contributed by atoms with van der Waals surface area (Å²) in [6.45, 7) is 6.97. The Morgan fingerprint density at radius 1 is 1.32 bits per heavy atom. The summed E-state index contributed by atoms with van der Waals surface area (Å²) in [7, 11) is 1.93. The summed E-state index contributed by atoms with van der Waals surface area (Å²) in [5.41, 5.74) is 3.76. The summed E-state index contributed by atoms with van der Waals surface area (Å²) in [6.07, 6.45) is 3.50. The van der Waals surface area contributed by atoms with Crippen LogP contribution in [0.1, 0.15) is 27.2 Å². The number of imidazole rings is 1. The van der Waals surface area contributed by atoms with E-state index < -0.39 is 0 Å². The van der Waals surface area contributed by atoms with Crippen LogP contribution in [0.3, 0.4) is 0 Å². The first-order chi connectivity index (χ1) is 9.05. The average Bonchev–Trinajstić information content (AvgIpc) is 2.88. The summed E-state index contributed by atoms with van der Waals surface area (Å²) in [5.74, 6) is 1.59. The third-order valence-corrected chi connectivity index (χ3v) is 4.58. The van der Waals surface area contributed by atoms with E-state index in [0.717, 1.165) is 17.9 Å². The molecule has 1 unspecified atom stereocenters. The topological polar surface area (TPSA) is 29.9 Å². The fourth-order valence-electron chi connectivity index (χ4n) is 2.92. The number of aromatic nitrogens is 2. The predicted octanol–water partition coefficient (Wildman–Crippen LogP) is 3.98. The lowest BCUT2D eigenvalue weighted by molar-refractivity contribution is 0.339. The molecule has 1 N–H and O–H groups in total. The number of hydrogen-bond acceptors (Lipinski definition) is 2. The number of allylic oxidation sites excluding steroid dienone is 2. The average molecular weight is 255 g/mol. The van der Waals surface area contributed by atoms with E-state index in [2.05, 4.69) is 59.9 Å². The van der Waals surface area contributed by atoms with Gasteiger partial charge in [0.1, 0.15) is 0 Å². The standard InChI is InChI=1S/C16H21N3/c1-11-9-10-14(16(11,2)3)19-13-8-6-5-7-12(13)18-15(19)17-4/h5-8,10-11H,9H2,1-4H3,(H,17,18). The zero-order valence-corrected chi connectivity index (χ0v) is 12.1. The number of rotatable bonds is 2. The third kappa shape index (κ3) is 1.68. The van der Waals surface area contributed by atoms with Gasteiger partial charge in [0, 0.05) is 18.2 Å². The third-order valence-electron chi connectivity index (χ3n) is 4.58. The lowest BCUT2D eigenvalue weighted by atomic mass is 9.81. The maximum Gasteiger partial charge on any atom is 0.208 e. The van der Waals surface area contributed by atoms with Crippen molar-refractivity contribution in [3.63, 3.8) is 0 Å². The molecule has 3 heteroatoms. The van der Waals surface area contributed by atoms with Gasteiger partial charge in [-0.15, -0.1) is 0 Å². The van der Waals surface area contributed by atoms with Crippen LogP contribution in [-0.4, -0.2) is 16.6 Å². The molecule has 0 saturated heterocycles. The molecule has 19 heavy (non-hydrogen) atoms. The van der Waals surface area contributed by atoms with Crippen molar-refractivity contribution in [3.05, 3.63) is 30.3 Å². The largest absolute Gasteiger partial charge is 0.358 e. The SMILES string of the molecule is CNc1nc2ccccc2n1C1=CCC(C)C1(C)C. The van der Waals surface area contributed by atoms with Gasteiger partial charge in [0.25, 0.3) is 0 Å². The smallest absolute Gasteiger partial charge is 0.208 e. The van der Waals surface area contributed by atoms with Crippen molar-refractivity contribution < 1.29 is 0 Å². The summed E-state index contributed by atoms with van der Waals surface area (Å²) < 4.78 is 2.28. The van der Waals surface area contributed by atoms with Gasteiger partial charge < -0.3 is 5.32 Å². The van der Waals surface area contributed by atoms with E-state index in [-0.39, 0.29) is 5.41 Å². The molecule has 0 amide bonds. The van der Waals surface area contributed by atoms with Gasteiger partial charge in [0.15, 0.2) is 0 Å².